The van der Waals surface area contributed by atoms with Crippen LogP contribution >= 0.6 is 10.3 Å². The molecule has 1 unspecified atom stereocenters. The number of hydrogen-bond donors (Lipinski definition) is 0. The fourth-order valence-electron chi connectivity index (χ4n) is 0.354. The molecule has 0 aliphatic heterocycles. The van der Waals surface area contributed by atoms with Crippen molar-refractivity contribution in [3.8, 4) is 0 Å². The fourth-order valence-corrected chi connectivity index (χ4v) is 1.06. The second kappa shape index (κ2) is 4.44. The molecular weight excluding hydrogens is 103 g/mol. The molecule has 0 N–H and O–H groups in total. The van der Waals surface area contributed by atoms with E-state index in [-0.39, 0.29) is 0 Å². The summed E-state index contributed by atoms with van der Waals surface area (Å²) in [6.45, 7) is 6.59. The van der Waals surface area contributed by atoms with Crippen LogP contribution in [0.3, 0.4) is 0 Å². The molecule has 0 heterocycles. The predicted octanol–water partition coefficient (Wildman–Crippen LogP) is 1.76. The average molecular weight is 115 g/mol. The topological polar surface area (TPSA) is 0 Å². The molecule has 0 saturated heterocycles. The Kier molecular flexibility index (Phi) is 4.62. The quantitative estimate of drug-likeness (QED) is 0.388. The highest BCUT2D eigenvalue weighted by Crippen LogP contribution is 2.05. The van der Waals surface area contributed by atoms with Gasteiger partial charge < -0.3 is 0 Å². The first-order valence-corrected chi connectivity index (χ1v) is 4.26. The Morgan fingerprint density at radius 2 is 2.14 bits per heavy atom. The third kappa shape index (κ3) is 4.13. The van der Waals surface area contributed by atoms with Gasteiger partial charge in [0.1, 0.15) is 0 Å². The van der Waals surface area contributed by atoms with E-state index in [1.807, 2.05) is 0 Å². The van der Waals surface area contributed by atoms with Crippen LogP contribution in [0.5, 0.6) is 0 Å². The van der Waals surface area contributed by atoms with Crippen molar-refractivity contribution in [2.75, 3.05) is 5.75 Å². The molecule has 2 heteroatoms. The first-order chi connectivity index (χ1) is 3.31. The van der Waals surface area contributed by atoms with Crippen molar-refractivity contribution < 1.29 is 0 Å². The molecule has 0 nitrogen and oxygen atoms in total. The summed E-state index contributed by atoms with van der Waals surface area (Å²) in [5, 5.41) is 0. The van der Waals surface area contributed by atoms with E-state index in [4.69, 9.17) is 0 Å². The first-order valence-electron chi connectivity index (χ1n) is 2.64. The molecule has 0 saturated carbocycles. The normalized spacial score (nSPS) is 13.4. The maximum Gasteiger partial charge on any atom is 0.184 e. The zero-order valence-electron chi connectivity index (χ0n) is 5.11. The van der Waals surface area contributed by atoms with E-state index in [2.05, 4.69) is 26.3 Å². The molecule has 1 radical (unpaired) electrons. The summed E-state index contributed by atoms with van der Waals surface area (Å²) in [6.07, 6.45) is 1.17. The highest BCUT2D eigenvalue weighted by molar-refractivity contribution is 8.34. The molecule has 0 aromatic heterocycles. The van der Waals surface area contributed by atoms with Crippen LogP contribution in [0.15, 0.2) is 0 Å². The van der Waals surface area contributed by atoms with Gasteiger partial charge in [-0.3, -0.25) is 0 Å². The van der Waals surface area contributed by atoms with Crippen molar-refractivity contribution in [3.63, 3.8) is 0 Å². The highest BCUT2D eigenvalue weighted by atomic mass is 32.2. The first kappa shape index (κ1) is 7.28. The van der Waals surface area contributed by atoms with E-state index in [1.54, 1.807) is 0 Å². The molecule has 0 rings (SSSR count). The van der Waals surface area contributed by atoms with E-state index in [0.717, 1.165) is 0 Å². The Bertz CT molecular complexity index is 61.1. The maximum atomic E-state index is 3.92. The van der Waals surface area contributed by atoms with Crippen LogP contribution in [-0.2, 0) is 0 Å². The van der Waals surface area contributed by atoms with Crippen LogP contribution in [0, 0.1) is 0 Å². The van der Waals surface area contributed by atoms with Gasteiger partial charge in [0.05, 0.1) is 0 Å². The standard InChI is InChI=1S/C5H12BS/c1-4-6-7(3)5-2/h3-5H2,1-2H3. The maximum absolute atomic E-state index is 3.92. The van der Waals surface area contributed by atoms with Gasteiger partial charge in [-0.15, -0.1) is 0 Å². The van der Waals surface area contributed by atoms with Crippen molar-refractivity contribution in [2.24, 2.45) is 0 Å². The molecule has 0 aromatic rings. The number of hydrogen-bond acceptors (Lipinski definition) is 0. The van der Waals surface area contributed by atoms with Crippen molar-refractivity contribution in [3.05, 3.63) is 0 Å². The molecule has 0 spiro atoms. The minimum Gasteiger partial charge on any atom is -0.238 e. The van der Waals surface area contributed by atoms with Crippen LogP contribution in [0.4, 0.5) is 0 Å². The second-order valence-electron chi connectivity index (χ2n) is 1.40. The largest absolute Gasteiger partial charge is 0.238 e. The summed E-state index contributed by atoms with van der Waals surface area (Å²) in [6, 6.07) is 0. The minimum atomic E-state index is 0.348. The summed E-state index contributed by atoms with van der Waals surface area (Å²) in [5.41, 5.74) is 0. The van der Waals surface area contributed by atoms with Crippen molar-refractivity contribution in [1.82, 2.24) is 0 Å². The van der Waals surface area contributed by atoms with E-state index in [9.17, 15) is 0 Å². The zero-order chi connectivity index (χ0) is 5.70. The van der Waals surface area contributed by atoms with Gasteiger partial charge in [-0.25, -0.2) is 10.3 Å². The third-order valence-electron chi connectivity index (χ3n) is 0.773. The van der Waals surface area contributed by atoms with Gasteiger partial charge in [-0.2, -0.15) is 0 Å². The highest BCUT2D eigenvalue weighted by Gasteiger charge is 1.84. The molecule has 0 bridgehead atoms. The van der Waals surface area contributed by atoms with Gasteiger partial charge >= 0.3 is 0 Å². The van der Waals surface area contributed by atoms with Gasteiger partial charge in [-0.1, -0.05) is 26.0 Å². The van der Waals surface area contributed by atoms with E-state index in [1.165, 1.54) is 12.1 Å². The predicted molar refractivity (Wildman–Crippen MR) is 41.5 cm³/mol. The summed E-state index contributed by atoms with van der Waals surface area (Å²) in [5.74, 6) is 5.12. The monoisotopic (exact) mass is 115 g/mol. The molecule has 1 atom stereocenters. The lowest BCUT2D eigenvalue weighted by atomic mass is 10.1. The summed E-state index contributed by atoms with van der Waals surface area (Å²) < 4.78 is 0. The Morgan fingerprint density at radius 1 is 1.57 bits per heavy atom. The van der Waals surface area contributed by atoms with Gasteiger partial charge in [0.2, 0.25) is 0 Å². The average Bonchev–Trinajstić information content (AvgIpc) is 1.68. The van der Waals surface area contributed by atoms with E-state index < -0.39 is 0 Å². The lowest BCUT2D eigenvalue weighted by molar-refractivity contribution is 1.47. The molecule has 0 fully saturated rings. The van der Waals surface area contributed by atoms with Crippen molar-refractivity contribution >= 4 is 22.8 Å². The lowest BCUT2D eigenvalue weighted by Crippen LogP contribution is -1.83. The molecule has 0 aromatic carbocycles. The summed E-state index contributed by atoms with van der Waals surface area (Å²) in [4.78, 5) is 0. The van der Waals surface area contributed by atoms with Gasteiger partial charge in [0.25, 0.3) is 0 Å². The van der Waals surface area contributed by atoms with Crippen LogP contribution in [0.25, 0.3) is 0 Å². The van der Waals surface area contributed by atoms with Gasteiger partial charge in [0.15, 0.2) is 6.56 Å². The van der Waals surface area contributed by atoms with Crippen LogP contribution in [-0.4, -0.2) is 18.2 Å². The Morgan fingerprint density at radius 3 is 2.29 bits per heavy atom. The fraction of sp³-hybridized carbons (Fsp3) is 0.800. The molecule has 0 aliphatic rings. The molecule has 0 amide bonds. The molecule has 41 valence electrons. The van der Waals surface area contributed by atoms with E-state index in [0.29, 0.717) is 10.3 Å². The SMILES string of the molecule is C=S([B]CC)CC. The van der Waals surface area contributed by atoms with Crippen LogP contribution in [0.1, 0.15) is 13.8 Å². The summed E-state index contributed by atoms with van der Waals surface area (Å²) in [7, 11) is 0.348. The molecular formula is C5H12BS. The molecule has 0 aliphatic carbocycles. The molecule has 7 heavy (non-hydrogen) atoms. The van der Waals surface area contributed by atoms with Gasteiger partial charge in [0, 0.05) is 0 Å². The van der Waals surface area contributed by atoms with Crippen LogP contribution in [0.2, 0.25) is 6.32 Å². The Hall–Kier alpha value is 0.285. The smallest absolute Gasteiger partial charge is 0.184 e. The minimum absolute atomic E-state index is 0.348. The van der Waals surface area contributed by atoms with Crippen molar-refractivity contribution in [1.29, 1.82) is 0 Å². The van der Waals surface area contributed by atoms with Gasteiger partial charge in [-0.05, 0) is 5.75 Å². The summed E-state index contributed by atoms with van der Waals surface area (Å²) >= 11 is 0. The zero-order valence-corrected chi connectivity index (χ0v) is 5.92. The number of rotatable bonds is 3. The van der Waals surface area contributed by atoms with Crippen LogP contribution < -0.4 is 0 Å². The Labute approximate surface area is 49.4 Å². The Balaban J connectivity index is 3.00. The lowest BCUT2D eigenvalue weighted by Gasteiger charge is -1.95. The third-order valence-corrected chi connectivity index (χ3v) is 2.32. The van der Waals surface area contributed by atoms with E-state index >= 15 is 0 Å². The second-order valence-corrected chi connectivity index (χ2v) is 3.39. The van der Waals surface area contributed by atoms with Crippen molar-refractivity contribution in [2.45, 2.75) is 20.2 Å².